The van der Waals surface area contributed by atoms with Crippen LogP contribution < -0.4 is 10.1 Å². The van der Waals surface area contributed by atoms with Crippen molar-refractivity contribution < 1.29 is 9.53 Å². The maximum Gasteiger partial charge on any atom is 0.262 e. The molecule has 0 atom stereocenters. The molecule has 0 aliphatic rings. The minimum Gasteiger partial charge on any atom is -0.484 e. The van der Waals surface area contributed by atoms with Crippen molar-refractivity contribution in [2.24, 2.45) is 0 Å². The molecule has 0 unspecified atom stereocenters. The third-order valence-electron chi connectivity index (χ3n) is 3.78. The molecular weight excluding hydrogens is 342 g/mol. The molecule has 0 saturated heterocycles. The molecule has 3 aromatic carbocycles. The third-order valence-corrected chi connectivity index (χ3v) is 4.86. The Balaban J connectivity index is 1.45. The van der Waals surface area contributed by atoms with Crippen LogP contribution in [0.3, 0.4) is 0 Å². The van der Waals surface area contributed by atoms with Crippen molar-refractivity contribution in [2.75, 3.05) is 11.9 Å². The molecule has 132 valence electrons. The molecule has 0 aliphatic heterocycles. The lowest BCUT2D eigenvalue weighted by Gasteiger charge is -2.08. The Morgan fingerprint density at radius 1 is 0.923 bits per heavy atom. The van der Waals surface area contributed by atoms with Gasteiger partial charge in [-0.25, -0.2) is 0 Å². The van der Waals surface area contributed by atoms with Gasteiger partial charge in [0.05, 0.1) is 0 Å². The van der Waals surface area contributed by atoms with Gasteiger partial charge in [-0.05, 0) is 48.9 Å². The molecule has 0 aromatic heterocycles. The summed E-state index contributed by atoms with van der Waals surface area (Å²) >= 11 is 1.79. The molecular formula is C22H21NO2S. The number of carbonyl (C=O) groups is 1. The Bertz CT molecular complexity index is 830. The highest BCUT2D eigenvalue weighted by Gasteiger charge is 2.04. The number of carbonyl (C=O) groups excluding carboxylic acids is 1. The Hall–Kier alpha value is -2.72. The van der Waals surface area contributed by atoms with Crippen LogP contribution >= 0.6 is 11.8 Å². The van der Waals surface area contributed by atoms with Crippen molar-refractivity contribution in [1.82, 2.24) is 0 Å². The SMILES string of the molecule is Cc1ccc(OCC(=O)Nc2ccc(CSc3ccccc3)cc2)cc1. The molecule has 3 rings (SSSR count). The Kier molecular flexibility index (Phi) is 6.34. The van der Waals surface area contributed by atoms with Gasteiger partial charge >= 0.3 is 0 Å². The zero-order chi connectivity index (χ0) is 18.2. The summed E-state index contributed by atoms with van der Waals surface area (Å²) in [5.41, 5.74) is 3.15. The van der Waals surface area contributed by atoms with E-state index in [4.69, 9.17) is 4.74 Å². The van der Waals surface area contributed by atoms with E-state index in [0.29, 0.717) is 5.75 Å². The van der Waals surface area contributed by atoms with Gasteiger partial charge in [-0.3, -0.25) is 4.79 Å². The third kappa shape index (κ3) is 5.67. The number of benzene rings is 3. The number of amides is 1. The fourth-order valence-corrected chi connectivity index (χ4v) is 3.22. The molecule has 0 fully saturated rings. The molecule has 0 heterocycles. The van der Waals surface area contributed by atoms with E-state index in [2.05, 4.69) is 17.4 Å². The first-order valence-corrected chi connectivity index (χ1v) is 9.44. The lowest BCUT2D eigenvalue weighted by molar-refractivity contribution is -0.118. The second kappa shape index (κ2) is 9.11. The fourth-order valence-electron chi connectivity index (χ4n) is 2.35. The van der Waals surface area contributed by atoms with Crippen molar-refractivity contribution in [2.45, 2.75) is 17.6 Å². The number of hydrogen-bond donors (Lipinski definition) is 1. The number of rotatable bonds is 7. The van der Waals surface area contributed by atoms with Crippen LogP contribution in [0.2, 0.25) is 0 Å². The maximum atomic E-state index is 12.0. The minimum absolute atomic E-state index is 0.00529. The number of anilines is 1. The average Bonchev–Trinajstić information content (AvgIpc) is 2.68. The van der Waals surface area contributed by atoms with Gasteiger partial charge in [0.2, 0.25) is 0 Å². The second-order valence-electron chi connectivity index (χ2n) is 5.95. The van der Waals surface area contributed by atoms with Gasteiger partial charge in [0.15, 0.2) is 6.61 Å². The molecule has 26 heavy (non-hydrogen) atoms. The minimum atomic E-state index is -0.169. The smallest absolute Gasteiger partial charge is 0.262 e. The summed E-state index contributed by atoms with van der Waals surface area (Å²) in [5, 5.41) is 2.85. The van der Waals surface area contributed by atoms with Gasteiger partial charge in [-0.1, -0.05) is 48.0 Å². The number of ether oxygens (including phenoxy) is 1. The van der Waals surface area contributed by atoms with Gasteiger partial charge in [0, 0.05) is 16.3 Å². The standard InChI is InChI=1S/C22H21NO2S/c1-17-7-13-20(14-8-17)25-15-22(24)23-19-11-9-18(10-12-19)16-26-21-5-3-2-4-6-21/h2-14H,15-16H2,1H3,(H,23,24). The van der Waals surface area contributed by atoms with Gasteiger partial charge in [0.25, 0.3) is 5.91 Å². The highest BCUT2D eigenvalue weighted by Crippen LogP contribution is 2.23. The highest BCUT2D eigenvalue weighted by atomic mass is 32.2. The lowest BCUT2D eigenvalue weighted by atomic mass is 10.2. The van der Waals surface area contributed by atoms with Gasteiger partial charge < -0.3 is 10.1 Å². The van der Waals surface area contributed by atoms with E-state index in [-0.39, 0.29) is 12.5 Å². The molecule has 0 bridgehead atoms. The van der Waals surface area contributed by atoms with Gasteiger partial charge in [-0.15, -0.1) is 11.8 Å². The van der Waals surface area contributed by atoms with E-state index in [1.54, 1.807) is 11.8 Å². The first-order valence-electron chi connectivity index (χ1n) is 8.45. The molecule has 0 aliphatic carbocycles. The van der Waals surface area contributed by atoms with Crippen LogP contribution in [0.1, 0.15) is 11.1 Å². The van der Waals surface area contributed by atoms with E-state index in [0.717, 1.165) is 17.0 Å². The molecule has 1 amide bonds. The molecule has 0 spiro atoms. The first-order chi connectivity index (χ1) is 12.7. The van der Waals surface area contributed by atoms with Crippen LogP contribution in [0, 0.1) is 6.92 Å². The topological polar surface area (TPSA) is 38.3 Å². The molecule has 0 radical (unpaired) electrons. The quantitative estimate of drug-likeness (QED) is 0.579. The fraction of sp³-hybridized carbons (Fsp3) is 0.136. The monoisotopic (exact) mass is 363 g/mol. The van der Waals surface area contributed by atoms with E-state index in [9.17, 15) is 4.79 Å². The summed E-state index contributed by atoms with van der Waals surface area (Å²) < 4.78 is 5.49. The predicted molar refractivity (Wildman–Crippen MR) is 108 cm³/mol. The van der Waals surface area contributed by atoms with Crippen molar-refractivity contribution in [3.63, 3.8) is 0 Å². The van der Waals surface area contributed by atoms with Crippen molar-refractivity contribution in [3.05, 3.63) is 90.0 Å². The Labute approximate surface area is 158 Å². The summed E-state index contributed by atoms with van der Waals surface area (Å²) in [7, 11) is 0. The van der Waals surface area contributed by atoms with Crippen molar-refractivity contribution in [1.29, 1.82) is 0 Å². The molecule has 3 nitrogen and oxygen atoms in total. The average molecular weight is 363 g/mol. The lowest BCUT2D eigenvalue weighted by Crippen LogP contribution is -2.20. The first kappa shape index (κ1) is 18.1. The number of aryl methyl sites for hydroxylation is 1. The maximum absolute atomic E-state index is 12.0. The predicted octanol–water partition coefficient (Wildman–Crippen LogP) is 5.30. The van der Waals surface area contributed by atoms with Crippen molar-refractivity contribution >= 4 is 23.4 Å². The van der Waals surface area contributed by atoms with Crippen LogP contribution in [0.15, 0.2) is 83.8 Å². The van der Waals surface area contributed by atoms with E-state index in [1.807, 2.05) is 73.7 Å². The second-order valence-corrected chi connectivity index (χ2v) is 7.00. The molecule has 3 aromatic rings. The largest absolute Gasteiger partial charge is 0.484 e. The van der Waals surface area contributed by atoms with Crippen LogP contribution in [-0.2, 0) is 10.5 Å². The number of thioether (sulfide) groups is 1. The Morgan fingerprint density at radius 2 is 1.62 bits per heavy atom. The number of nitrogens with one attached hydrogen (secondary N) is 1. The summed E-state index contributed by atoms with van der Waals surface area (Å²) in [6.45, 7) is 2.01. The van der Waals surface area contributed by atoms with Crippen LogP contribution in [-0.4, -0.2) is 12.5 Å². The number of hydrogen-bond acceptors (Lipinski definition) is 3. The van der Waals surface area contributed by atoms with E-state index in [1.165, 1.54) is 10.5 Å². The Morgan fingerprint density at radius 3 is 2.31 bits per heavy atom. The van der Waals surface area contributed by atoms with Crippen LogP contribution in [0.4, 0.5) is 5.69 Å². The van der Waals surface area contributed by atoms with Crippen LogP contribution in [0.25, 0.3) is 0 Å². The molecule has 0 saturated carbocycles. The van der Waals surface area contributed by atoms with Crippen molar-refractivity contribution in [3.8, 4) is 5.75 Å². The summed E-state index contributed by atoms with van der Waals surface area (Å²) in [6, 6.07) is 25.9. The highest BCUT2D eigenvalue weighted by molar-refractivity contribution is 7.98. The summed E-state index contributed by atoms with van der Waals surface area (Å²) in [5.74, 6) is 1.42. The zero-order valence-electron chi connectivity index (χ0n) is 14.6. The van der Waals surface area contributed by atoms with Crippen LogP contribution in [0.5, 0.6) is 5.75 Å². The molecule has 1 N–H and O–H groups in total. The van der Waals surface area contributed by atoms with Gasteiger partial charge in [0.1, 0.15) is 5.75 Å². The van der Waals surface area contributed by atoms with E-state index >= 15 is 0 Å². The summed E-state index contributed by atoms with van der Waals surface area (Å²) in [4.78, 5) is 13.3. The normalized spacial score (nSPS) is 10.3. The zero-order valence-corrected chi connectivity index (χ0v) is 15.5. The summed E-state index contributed by atoms with van der Waals surface area (Å²) in [6.07, 6.45) is 0. The van der Waals surface area contributed by atoms with Gasteiger partial charge in [-0.2, -0.15) is 0 Å². The molecule has 4 heteroatoms. The van der Waals surface area contributed by atoms with E-state index < -0.39 is 0 Å².